The van der Waals surface area contributed by atoms with Crippen molar-refractivity contribution in [3.05, 3.63) is 130 Å². The molecule has 5 aromatic carbocycles. The van der Waals surface area contributed by atoms with E-state index in [1.165, 1.54) is 66.7 Å². The van der Waals surface area contributed by atoms with E-state index in [0.29, 0.717) is 17.4 Å². The number of aromatic nitrogens is 3. The first-order chi connectivity index (χ1) is 33.2. The number of nitrogen functional groups attached to an aromatic ring is 1. The van der Waals surface area contributed by atoms with Gasteiger partial charge >= 0.3 is 0 Å². The maximum absolute atomic E-state index is 13.8. The molecule has 10 N–H and O–H groups in total. The number of nitrogens with one attached hydrogen (secondary N) is 5. The van der Waals surface area contributed by atoms with E-state index in [4.69, 9.17) is 14.7 Å². The molecule has 1 aliphatic carbocycles. The number of ketones is 2. The van der Waals surface area contributed by atoms with E-state index in [-0.39, 0.29) is 89.0 Å². The number of amides is 1. The number of benzene rings is 5. The molecule has 0 fully saturated rings. The Bertz CT molecular complexity index is 3400. The van der Waals surface area contributed by atoms with Gasteiger partial charge in [-0.1, -0.05) is 42.5 Å². The lowest BCUT2D eigenvalue weighted by Gasteiger charge is -2.24. The molecular weight excluding hydrogens is 1020 g/mol. The van der Waals surface area contributed by atoms with Crippen LogP contribution in [0.25, 0.3) is 0 Å². The molecule has 0 spiro atoms. The molecule has 70 heavy (non-hydrogen) atoms. The van der Waals surface area contributed by atoms with Crippen molar-refractivity contribution in [2.24, 2.45) is 0 Å². The number of anilines is 8. The minimum atomic E-state index is -5.14. The molecule has 0 aliphatic heterocycles. The van der Waals surface area contributed by atoms with E-state index in [1.54, 1.807) is 0 Å². The van der Waals surface area contributed by atoms with Gasteiger partial charge in [0.2, 0.25) is 17.8 Å². The summed E-state index contributed by atoms with van der Waals surface area (Å²) in [6.07, 6.45) is 0.668. The Morgan fingerprint density at radius 2 is 1.33 bits per heavy atom. The number of hydrogen-bond donors (Lipinski definition) is 9. The van der Waals surface area contributed by atoms with Crippen molar-refractivity contribution in [2.45, 2.75) is 14.7 Å². The van der Waals surface area contributed by atoms with Gasteiger partial charge in [0.25, 0.3) is 36.3 Å². The van der Waals surface area contributed by atoms with Gasteiger partial charge in [-0.25, -0.2) is 0 Å². The van der Waals surface area contributed by atoms with Crippen LogP contribution in [0.5, 0.6) is 0 Å². The van der Waals surface area contributed by atoms with Crippen molar-refractivity contribution in [1.82, 2.24) is 20.3 Å². The average molecular weight is 1050 g/mol. The highest BCUT2D eigenvalue weighted by Gasteiger charge is 2.36. The maximum Gasteiger partial charge on any atom is 0.296 e. The standard InChI is InChI=1S/C41H35N9O15S5/c42-35-32(70(61,62)63)18-30(33-34(35)37(53)28-7-2-1-6-27(28)36(33)52)45-25-12-13-29(31(17-25)69(58,59)60)47-41-49-39(48-40(50-41)46-24-4-3-5-26(16-24)68(55,56)57)44-20-64-21-66-67-65-15-14-43-38(54)23-10-8-22(19-51)9-11-23/h1-13,16-19,45H,14-15,20-21,42H2,(H,43,54)(H,55,56,57)(H,58,59,60)(H,61,62,63)(H3,44,46,47,48,49,50). The van der Waals surface area contributed by atoms with Gasteiger partial charge in [0.15, 0.2) is 11.6 Å². The Morgan fingerprint density at radius 3 is 1.99 bits per heavy atom. The molecule has 364 valence electrons. The first-order valence-electron chi connectivity index (χ1n) is 19.7. The smallest absolute Gasteiger partial charge is 0.296 e. The minimum Gasteiger partial charge on any atom is -0.397 e. The van der Waals surface area contributed by atoms with Gasteiger partial charge in [0.05, 0.1) is 50.8 Å². The fourth-order valence-corrected chi connectivity index (χ4v) is 9.52. The lowest BCUT2D eigenvalue weighted by Crippen LogP contribution is -2.26. The van der Waals surface area contributed by atoms with Gasteiger partial charge < -0.3 is 41.2 Å². The fourth-order valence-electron chi connectivity index (χ4n) is 6.53. The number of ether oxygens (including phenoxy) is 1. The summed E-state index contributed by atoms with van der Waals surface area (Å²) in [6.45, 7) is 0.116. The fraction of sp³-hybridized carbons (Fsp3) is 0.0976. The lowest BCUT2D eigenvalue weighted by molar-refractivity contribution is 0.0947. The normalized spacial score (nSPS) is 12.4. The highest BCUT2D eigenvalue weighted by Crippen LogP contribution is 2.41. The van der Waals surface area contributed by atoms with Crippen molar-refractivity contribution in [2.75, 3.05) is 52.8 Å². The monoisotopic (exact) mass is 1050 g/mol. The van der Waals surface area contributed by atoms with Gasteiger partial charge in [-0.05, 0) is 65.4 Å². The summed E-state index contributed by atoms with van der Waals surface area (Å²) >= 11 is 0.983. The third kappa shape index (κ3) is 12.2. The Labute approximate surface area is 405 Å². The highest BCUT2D eigenvalue weighted by atomic mass is 33.1. The topological polar surface area (TPSA) is 375 Å². The highest BCUT2D eigenvalue weighted by molar-refractivity contribution is 8.74. The summed E-state index contributed by atoms with van der Waals surface area (Å²) in [5.41, 5.74) is 4.31. The molecule has 1 heterocycles. The molecule has 0 saturated carbocycles. The summed E-state index contributed by atoms with van der Waals surface area (Å²) in [5, 5.41) is 13.6. The molecule has 0 saturated heterocycles. The van der Waals surface area contributed by atoms with Gasteiger partial charge in [-0.3, -0.25) is 32.8 Å². The second-order valence-electron chi connectivity index (χ2n) is 14.3. The molecule has 29 heteroatoms. The van der Waals surface area contributed by atoms with E-state index in [1.807, 2.05) is 0 Å². The number of carbonyl (C=O) groups is 4. The summed E-state index contributed by atoms with van der Waals surface area (Å²) in [7, 11) is -13.7. The molecule has 0 radical (unpaired) electrons. The minimum absolute atomic E-state index is 0.0428. The van der Waals surface area contributed by atoms with Crippen molar-refractivity contribution in [3.8, 4) is 0 Å². The summed E-state index contributed by atoms with van der Waals surface area (Å²) in [5.74, 6) is -2.68. The van der Waals surface area contributed by atoms with E-state index in [0.717, 1.165) is 52.2 Å². The maximum atomic E-state index is 13.8. The average Bonchev–Trinajstić information content (AvgIpc) is 3.31. The number of hydrogen-bond acceptors (Lipinski definition) is 22. The number of rotatable bonds is 21. The zero-order valence-electron chi connectivity index (χ0n) is 35.3. The Hall–Kier alpha value is -7.06. The van der Waals surface area contributed by atoms with Crippen molar-refractivity contribution in [3.63, 3.8) is 0 Å². The molecule has 7 rings (SSSR count). The van der Waals surface area contributed by atoms with Crippen LogP contribution in [0.4, 0.5) is 46.3 Å². The van der Waals surface area contributed by atoms with E-state index in [9.17, 15) is 58.1 Å². The van der Waals surface area contributed by atoms with E-state index < -0.39 is 67.9 Å². The van der Waals surface area contributed by atoms with Crippen LogP contribution in [-0.2, 0) is 39.3 Å². The van der Waals surface area contributed by atoms with E-state index >= 15 is 0 Å². The van der Waals surface area contributed by atoms with E-state index in [2.05, 4.69) is 41.5 Å². The van der Waals surface area contributed by atoms with Crippen LogP contribution in [0.2, 0.25) is 0 Å². The number of aldehydes is 1. The van der Waals surface area contributed by atoms with Crippen LogP contribution in [0.1, 0.15) is 52.6 Å². The van der Waals surface area contributed by atoms with Gasteiger partial charge in [-0.2, -0.15) is 40.2 Å². The summed E-state index contributed by atoms with van der Waals surface area (Å²) in [4.78, 5) is 61.0. The molecule has 0 atom stereocenters. The third-order valence-electron chi connectivity index (χ3n) is 9.63. The van der Waals surface area contributed by atoms with Crippen LogP contribution < -0.4 is 32.3 Å². The van der Waals surface area contributed by atoms with Crippen LogP contribution in [0, 0.1) is 0 Å². The zero-order valence-corrected chi connectivity index (χ0v) is 39.4. The molecular formula is C41H35N9O15S5. The molecule has 1 aromatic heterocycles. The molecule has 1 amide bonds. The quantitative estimate of drug-likeness (QED) is 0.00859. The number of fused-ring (bicyclic) bond motifs is 2. The molecule has 6 aromatic rings. The molecule has 0 unspecified atom stereocenters. The molecule has 1 aliphatic rings. The second kappa shape index (κ2) is 21.3. The third-order valence-corrected chi connectivity index (χ3v) is 13.8. The molecule has 0 bridgehead atoms. The SMILES string of the molecule is Nc1c(S(=O)(=O)O)cc(Nc2ccc(Nc3nc(NCOCSSOCCNC(=O)c4ccc(C=O)cc4)nc(Nc4cccc(S(=O)(=O)O)c4)n3)c(S(=O)(=O)O)c2)c2c1C(=O)c1ccccc1C2=O. The van der Waals surface area contributed by atoms with Crippen LogP contribution >= 0.6 is 21.9 Å². The van der Waals surface area contributed by atoms with Gasteiger partial charge in [-0.15, -0.1) is 0 Å². The van der Waals surface area contributed by atoms with Crippen molar-refractivity contribution in [1.29, 1.82) is 0 Å². The van der Waals surface area contributed by atoms with Crippen molar-refractivity contribution >= 4 is 122 Å². The first kappa shape index (κ1) is 50.8. The largest absolute Gasteiger partial charge is 0.397 e. The first-order valence-corrected chi connectivity index (χ1v) is 26.2. The zero-order chi connectivity index (χ0) is 50.4. The lowest BCUT2D eigenvalue weighted by atomic mass is 9.82. The predicted octanol–water partition coefficient (Wildman–Crippen LogP) is 5.10. The second-order valence-corrected chi connectivity index (χ2v) is 20.4. The molecule has 24 nitrogen and oxygen atoms in total. The Morgan fingerprint density at radius 1 is 0.686 bits per heavy atom. The van der Waals surface area contributed by atoms with Crippen LogP contribution in [0.3, 0.4) is 0 Å². The van der Waals surface area contributed by atoms with Gasteiger partial charge in [0, 0.05) is 40.2 Å². The number of nitrogens with zero attached hydrogens (tertiary/aromatic N) is 3. The number of nitrogens with two attached hydrogens (primary N) is 1. The van der Waals surface area contributed by atoms with Crippen LogP contribution in [0.15, 0.2) is 112 Å². The Kier molecular flexibility index (Phi) is 15.5. The predicted molar refractivity (Wildman–Crippen MR) is 256 cm³/mol. The Balaban J connectivity index is 1.08. The van der Waals surface area contributed by atoms with Crippen LogP contribution in [-0.4, -0.2) is 103 Å². The van der Waals surface area contributed by atoms with Crippen molar-refractivity contribution < 1.29 is 67.0 Å². The van der Waals surface area contributed by atoms with Gasteiger partial charge in [0.1, 0.15) is 28.7 Å². The number of carbonyl (C=O) groups excluding carboxylic acids is 4. The summed E-state index contributed by atoms with van der Waals surface area (Å²) in [6, 6.07) is 20.7. The summed E-state index contributed by atoms with van der Waals surface area (Å²) < 4.78 is 115.